The summed E-state index contributed by atoms with van der Waals surface area (Å²) in [6, 6.07) is 12.3. The lowest BCUT2D eigenvalue weighted by molar-refractivity contribution is -0.132. The lowest BCUT2D eigenvalue weighted by Crippen LogP contribution is -2.50. The van der Waals surface area contributed by atoms with Gasteiger partial charge >= 0.3 is 0 Å². The Morgan fingerprint density at radius 1 is 1.09 bits per heavy atom. The third kappa shape index (κ3) is 6.21. The summed E-state index contributed by atoms with van der Waals surface area (Å²) in [7, 11) is -0.960. The summed E-state index contributed by atoms with van der Waals surface area (Å²) >= 11 is 0. The molecule has 2 aromatic rings. The molecule has 3 amide bonds. The zero-order chi connectivity index (χ0) is 24.9. The minimum atomic E-state index is -4.03. The van der Waals surface area contributed by atoms with E-state index in [-0.39, 0.29) is 30.3 Å². The highest BCUT2D eigenvalue weighted by Gasteiger charge is 2.29. The molecule has 0 saturated heterocycles. The standard InChI is InChI=1S/C24H30N4O5S/c1-17-8-10-19(11-9-17)34(32,33)26-21(16-22(29)27(2)3)23(30)25-13-15-28-14-12-18-6-4-5-7-20(18)24(28)31/h4-11,21,26H,12-16H2,1-3H3,(H,25,30)/t21-/m0/s1. The van der Waals surface area contributed by atoms with Crippen LogP contribution in [0.15, 0.2) is 53.4 Å². The summed E-state index contributed by atoms with van der Waals surface area (Å²) in [5, 5.41) is 2.67. The Hall–Kier alpha value is -3.24. The molecule has 34 heavy (non-hydrogen) atoms. The molecule has 1 heterocycles. The summed E-state index contributed by atoms with van der Waals surface area (Å²) in [5.74, 6) is -1.12. The molecule has 2 N–H and O–H groups in total. The van der Waals surface area contributed by atoms with E-state index >= 15 is 0 Å². The van der Waals surface area contributed by atoms with Crippen LogP contribution in [0, 0.1) is 6.92 Å². The van der Waals surface area contributed by atoms with E-state index < -0.39 is 27.9 Å². The number of carbonyl (C=O) groups excluding carboxylic acids is 3. The number of amides is 3. The van der Waals surface area contributed by atoms with Gasteiger partial charge in [0.25, 0.3) is 5.91 Å². The molecule has 182 valence electrons. The summed E-state index contributed by atoms with van der Waals surface area (Å²) in [5.41, 5.74) is 2.55. The van der Waals surface area contributed by atoms with E-state index in [9.17, 15) is 22.8 Å². The van der Waals surface area contributed by atoms with Gasteiger partial charge in [-0.3, -0.25) is 14.4 Å². The van der Waals surface area contributed by atoms with Crippen molar-refractivity contribution in [2.24, 2.45) is 0 Å². The number of sulfonamides is 1. The smallest absolute Gasteiger partial charge is 0.254 e. The zero-order valence-corrected chi connectivity index (χ0v) is 20.4. The van der Waals surface area contributed by atoms with E-state index in [0.29, 0.717) is 12.1 Å². The Morgan fingerprint density at radius 2 is 1.76 bits per heavy atom. The molecule has 0 spiro atoms. The Balaban J connectivity index is 1.65. The van der Waals surface area contributed by atoms with Gasteiger partial charge in [0.2, 0.25) is 21.8 Å². The minimum Gasteiger partial charge on any atom is -0.353 e. The van der Waals surface area contributed by atoms with Gasteiger partial charge in [0.15, 0.2) is 0 Å². The van der Waals surface area contributed by atoms with Gasteiger partial charge in [0.1, 0.15) is 6.04 Å². The number of nitrogens with one attached hydrogen (secondary N) is 2. The number of hydrogen-bond acceptors (Lipinski definition) is 5. The van der Waals surface area contributed by atoms with Gasteiger partial charge in [-0.1, -0.05) is 35.9 Å². The summed E-state index contributed by atoms with van der Waals surface area (Å²) in [6.45, 7) is 2.78. The molecule has 1 aliphatic heterocycles. The largest absolute Gasteiger partial charge is 0.353 e. The van der Waals surface area contributed by atoms with E-state index in [1.54, 1.807) is 23.1 Å². The van der Waals surface area contributed by atoms with Gasteiger partial charge in [0.05, 0.1) is 11.3 Å². The molecule has 0 fully saturated rings. The predicted octanol–water partition coefficient (Wildman–Crippen LogP) is 0.935. The number of nitrogens with zero attached hydrogens (tertiary/aromatic N) is 2. The van der Waals surface area contributed by atoms with Crippen molar-refractivity contribution in [2.45, 2.75) is 30.7 Å². The van der Waals surface area contributed by atoms with Crippen LogP contribution in [0.5, 0.6) is 0 Å². The number of aryl methyl sites for hydroxylation is 1. The highest BCUT2D eigenvalue weighted by molar-refractivity contribution is 7.89. The highest BCUT2D eigenvalue weighted by atomic mass is 32.2. The van der Waals surface area contributed by atoms with Crippen LogP contribution in [0.1, 0.15) is 27.9 Å². The third-order valence-corrected chi connectivity index (χ3v) is 7.18. The van der Waals surface area contributed by atoms with Crippen molar-refractivity contribution in [3.8, 4) is 0 Å². The van der Waals surface area contributed by atoms with Gasteiger partial charge in [0, 0.05) is 39.3 Å². The average Bonchev–Trinajstić information content (AvgIpc) is 2.80. The van der Waals surface area contributed by atoms with Crippen molar-refractivity contribution in [2.75, 3.05) is 33.7 Å². The molecule has 0 aliphatic carbocycles. The van der Waals surface area contributed by atoms with E-state index in [1.165, 1.54) is 31.1 Å². The Bertz CT molecular complexity index is 1160. The number of fused-ring (bicyclic) bond motifs is 1. The van der Waals surface area contributed by atoms with Crippen LogP contribution in [0.25, 0.3) is 0 Å². The van der Waals surface area contributed by atoms with E-state index in [0.717, 1.165) is 17.5 Å². The first-order valence-electron chi connectivity index (χ1n) is 11.0. The Morgan fingerprint density at radius 3 is 2.44 bits per heavy atom. The van der Waals surface area contributed by atoms with Crippen LogP contribution < -0.4 is 10.0 Å². The fourth-order valence-electron chi connectivity index (χ4n) is 3.64. The molecule has 2 aromatic carbocycles. The molecule has 1 aliphatic rings. The molecule has 3 rings (SSSR count). The fraction of sp³-hybridized carbons (Fsp3) is 0.375. The lowest BCUT2D eigenvalue weighted by atomic mass is 9.99. The SMILES string of the molecule is Cc1ccc(S(=O)(=O)N[C@@H](CC(=O)N(C)C)C(=O)NCCN2CCc3ccccc3C2=O)cc1. The molecular weight excluding hydrogens is 456 g/mol. The maximum absolute atomic E-state index is 12.9. The molecule has 0 radical (unpaired) electrons. The summed E-state index contributed by atoms with van der Waals surface area (Å²) in [6.07, 6.45) is 0.395. The zero-order valence-electron chi connectivity index (χ0n) is 19.6. The molecule has 0 bridgehead atoms. The van der Waals surface area contributed by atoms with Crippen LogP contribution in [0.3, 0.4) is 0 Å². The highest BCUT2D eigenvalue weighted by Crippen LogP contribution is 2.18. The number of hydrogen-bond donors (Lipinski definition) is 2. The summed E-state index contributed by atoms with van der Waals surface area (Å²) in [4.78, 5) is 40.8. The lowest BCUT2D eigenvalue weighted by Gasteiger charge is -2.29. The Labute approximate surface area is 200 Å². The maximum Gasteiger partial charge on any atom is 0.254 e. The van der Waals surface area contributed by atoms with E-state index in [1.807, 2.05) is 25.1 Å². The van der Waals surface area contributed by atoms with Crippen molar-refractivity contribution in [3.05, 3.63) is 65.2 Å². The minimum absolute atomic E-state index is 0.00535. The van der Waals surface area contributed by atoms with Crippen LogP contribution in [-0.2, 0) is 26.0 Å². The summed E-state index contributed by atoms with van der Waals surface area (Å²) < 4.78 is 28.0. The van der Waals surface area contributed by atoms with Crippen molar-refractivity contribution in [1.82, 2.24) is 19.8 Å². The first-order chi connectivity index (χ1) is 16.1. The molecule has 9 nitrogen and oxygen atoms in total. The van der Waals surface area contributed by atoms with Crippen molar-refractivity contribution in [1.29, 1.82) is 0 Å². The van der Waals surface area contributed by atoms with Crippen LogP contribution in [0.2, 0.25) is 0 Å². The molecule has 0 saturated carbocycles. The Kier molecular flexibility index (Phi) is 8.06. The molecule has 10 heteroatoms. The quantitative estimate of drug-likeness (QED) is 0.547. The maximum atomic E-state index is 12.9. The second kappa shape index (κ2) is 10.8. The first-order valence-corrected chi connectivity index (χ1v) is 12.5. The van der Waals surface area contributed by atoms with Gasteiger partial charge in [-0.25, -0.2) is 8.42 Å². The second-order valence-corrected chi connectivity index (χ2v) is 10.2. The topological polar surface area (TPSA) is 116 Å². The van der Waals surface area contributed by atoms with Crippen LogP contribution >= 0.6 is 0 Å². The molecular formula is C24H30N4O5S. The van der Waals surface area contributed by atoms with Crippen molar-refractivity contribution >= 4 is 27.7 Å². The molecule has 0 aromatic heterocycles. The normalized spacial score (nSPS) is 14.3. The van der Waals surface area contributed by atoms with Crippen LogP contribution in [-0.4, -0.2) is 75.7 Å². The van der Waals surface area contributed by atoms with E-state index in [2.05, 4.69) is 10.0 Å². The van der Waals surface area contributed by atoms with Crippen molar-refractivity contribution < 1.29 is 22.8 Å². The predicted molar refractivity (Wildman–Crippen MR) is 128 cm³/mol. The van der Waals surface area contributed by atoms with Gasteiger partial charge < -0.3 is 15.1 Å². The number of rotatable bonds is 9. The third-order valence-electron chi connectivity index (χ3n) is 5.69. The second-order valence-electron chi connectivity index (χ2n) is 8.47. The number of benzene rings is 2. The van der Waals surface area contributed by atoms with Crippen LogP contribution in [0.4, 0.5) is 0 Å². The molecule has 0 unspecified atom stereocenters. The fourth-order valence-corrected chi connectivity index (χ4v) is 4.84. The van der Waals surface area contributed by atoms with Gasteiger partial charge in [-0.2, -0.15) is 4.72 Å². The molecule has 1 atom stereocenters. The first kappa shape index (κ1) is 25.4. The van der Waals surface area contributed by atoms with Crippen molar-refractivity contribution in [3.63, 3.8) is 0 Å². The number of carbonyl (C=O) groups is 3. The van der Waals surface area contributed by atoms with Gasteiger partial charge in [-0.15, -0.1) is 0 Å². The van der Waals surface area contributed by atoms with E-state index in [4.69, 9.17) is 0 Å². The monoisotopic (exact) mass is 486 g/mol. The average molecular weight is 487 g/mol. The van der Waals surface area contributed by atoms with Gasteiger partial charge in [-0.05, 0) is 37.1 Å².